The van der Waals surface area contributed by atoms with Gasteiger partial charge in [-0.25, -0.2) is 0 Å². The first-order valence-electron chi connectivity index (χ1n) is 8.29. The standard InChI is InChI=1S/C17H24N4OS/c1-13(10-16-4-2-9-23-16)19-17(22)6-5-14-11-15-12-18-7-3-8-21(15)20-14/h2,4,9,11,13,18H,3,5-8,10,12H2,1H3,(H,19,22)/t13-/m1/s1. The van der Waals surface area contributed by atoms with Crippen LogP contribution in [0.25, 0.3) is 0 Å². The fourth-order valence-electron chi connectivity index (χ4n) is 2.91. The molecule has 3 rings (SSSR count). The number of fused-ring (bicyclic) bond motifs is 1. The highest BCUT2D eigenvalue weighted by atomic mass is 32.1. The van der Waals surface area contributed by atoms with Gasteiger partial charge in [0.15, 0.2) is 0 Å². The molecule has 0 bridgehead atoms. The SMILES string of the molecule is C[C@H](Cc1cccs1)NC(=O)CCc1cc2n(n1)CCCNC2. The van der Waals surface area contributed by atoms with E-state index in [1.54, 1.807) is 11.3 Å². The van der Waals surface area contributed by atoms with Gasteiger partial charge in [-0.15, -0.1) is 11.3 Å². The highest BCUT2D eigenvalue weighted by Gasteiger charge is 2.13. The van der Waals surface area contributed by atoms with E-state index < -0.39 is 0 Å². The minimum absolute atomic E-state index is 0.107. The molecule has 124 valence electrons. The summed E-state index contributed by atoms with van der Waals surface area (Å²) in [4.78, 5) is 13.4. The normalized spacial score (nSPS) is 15.7. The summed E-state index contributed by atoms with van der Waals surface area (Å²) in [6, 6.07) is 6.45. The minimum atomic E-state index is 0.107. The number of nitrogens with zero attached hydrogens (tertiary/aromatic N) is 2. The smallest absolute Gasteiger partial charge is 0.220 e. The summed E-state index contributed by atoms with van der Waals surface area (Å²) >= 11 is 1.74. The Morgan fingerprint density at radius 1 is 1.57 bits per heavy atom. The zero-order valence-electron chi connectivity index (χ0n) is 13.5. The number of carbonyl (C=O) groups excluding carboxylic acids is 1. The maximum absolute atomic E-state index is 12.1. The van der Waals surface area contributed by atoms with Gasteiger partial charge in [-0.1, -0.05) is 6.07 Å². The molecule has 0 saturated carbocycles. The van der Waals surface area contributed by atoms with E-state index in [0.717, 1.165) is 38.2 Å². The molecule has 1 aliphatic rings. The number of thiophene rings is 1. The van der Waals surface area contributed by atoms with Crippen LogP contribution in [0, 0.1) is 0 Å². The van der Waals surface area contributed by atoms with Gasteiger partial charge in [0.1, 0.15) is 0 Å². The molecule has 23 heavy (non-hydrogen) atoms. The molecule has 0 saturated heterocycles. The van der Waals surface area contributed by atoms with Crippen molar-refractivity contribution in [1.29, 1.82) is 0 Å². The maximum Gasteiger partial charge on any atom is 0.220 e. The van der Waals surface area contributed by atoms with Crippen molar-refractivity contribution in [2.45, 2.75) is 51.7 Å². The first kappa shape index (κ1) is 16.2. The molecule has 0 aromatic carbocycles. The van der Waals surface area contributed by atoms with Crippen molar-refractivity contribution in [3.05, 3.63) is 39.8 Å². The lowest BCUT2D eigenvalue weighted by Crippen LogP contribution is -2.34. The summed E-state index contributed by atoms with van der Waals surface area (Å²) in [5, 5.41) is 13.2. The molecule has 1 amide bonds. The van der Waals surface area contributed by atoms with Crippen molar-refractivity contribution in [3.8, 4) is 0 Å². The molecule has 1 aliphatic heterocycles. The molecule has 2 aromatic rings. The number of rotatable bonds is 6. The monoisotopic (exact) mass is 332 g/mol. The lowest BCUT2D eigenvalue weighted by molar-refractivity contribution is -0.121. The van der Waals surface area contributed by atoms with Gasteiger partial charge in [0.2, 0.25) is 5.91 Å². The molecular weight excluding hydrogens is 308 g/mol. The largest absolute Gasteiger partial charge is 0.353 e. The molecule has 0 unspecified atom stereocenters. The van der Waals surface area contributed by atoms with Crippen molar-refractivity contribution >= 4 is 17.2 Å². The maximum atomic E-state index is 12.1. The van der Waals surface area contributed by atoms with Crippen LogP contribution in [0.3, 0.4) is 0 Å². The van der Waals surface area contributed by atoms with E-state index in [4.69, 9.17) is 0 Å². The summed E-state index contributed by atoms with van der Waals surface area (Å²) in [5.41, 5.74) is 2.24. The van der Waals surface area contributed by atoms with Crippen molar-refractivity contribution in [1.82, 2.24) is 20.4 Å². The topological polar surface area (TPSA) is 59.0 Å². The van der Waals surface area contributed by atoms with Gasteiger partial charge in [0, 0.05) is 43.3 Å². The van der Waals surface area contributed by atoms with Crippen molar-refractivity contribution < 1.29 is 4.79 Å². The van der Waals surface area contributed by atoms with E-state index in [1.807, 2.05) is 6.07 Å². The first-order valence-corrected chi connectivity index (χ1v) is 9.17. The molecule has 1 atom stereocenters. The molecule has 0 fully saturated rings. The predicted molar refractivity (Wildman–Crippen MR) is 92.5 cm³/mol. The van der Waals surface area contributed by atoms with E-state index in [2.05, 4.69) is 44.9 Å². The Labute approximate surface area is 141 Å². The van der Waals surface area contributed by atoms with E-state index in [9.17, 15) is 4.79 Å². The predicted octanol–water partition coefficient (Wildman–Crippen LogP) is 2.12. The highest BCUT2D eigenvalue weighted by molar-refractivity contribution is 7.09. The van der Waals surface area contributed by atoms with Gasteiger partial charge >= 0.3 is 0 Å². The molecule has 0 spiro atoms. The van der Waals surface area contributed by atoms with Gasteiger partial charge in [0.05, 0.1) is 11.4 Å². The Kier molecular flexibility index (Phi) is 5.46. The highest BCUT2D eigenvalue weighted by Crippen LogP contribution is 2.12. The van der Waals surface area contributed by atoms with Crippen LogP contribution < -0.4 is 10.6 Å². The summed E-state index contributed by atoms with van der Waals surface area (Å²) in [7, 11) is 0. The Hall–Kier alpha value is -1.66. The van der Waals surface area contributed by atoms with Crippen LogP contribution in [0.2, 0.25) is 0 Å². The fraction of sp³-hybridized carbons (Fsp3) is 0.529. The third-order valence-corrected chi connectivity index (χ3v) is 4.95. The number of nitrogens with one attached hydrogen (secondary N) is 2. The molecule has 3 heterocycles. The fourth-order valence-corrected chi connectivity index (χ4v) is 3.75. The second-order valence-corrected chi connectivity index (χ2v) is 7.16. The van der Waals surface area contributed by atoms with Gasteiger partial charge in [0.25, 0.3) is 0 Å². The van der Waals surface area contributed by atoms with Gasteiger partial charge < -0.3 is 10.6 Å². The Bertz CT molecular complexity index is 612. The van der Waals surface area contributed by atoms with Crippen LogP contribution in [0.15, 0.2) is 23.6 Å². The second kappa shape index (κ2) is 7.75. The minimum Gasteiger partial charge on any atom is -0.353 e. The lowest BCUT2D eigenvalue weighted by atomic mass is 10.1. The van der Waals surface area contributed by atoms with Crippen molar-refractivity contribution in [2.24, 2.45) is 0 Å². The molecule has 0 aliphatic carbocycles. The Morgan fingerprint density at radius 2 is 2.48 bits per heavy atom. The zero-order valence-corrected chi connectivity index (χ0v) is 14.4. The summed E-state index contributed by atoms with van der Waals surface area (Å²) < 4.78 is 2.08. The molecule has 6 heteroatoms. The average molecular weight is 332 g/mol. The van der Waals surface area contributed by atoms with Crippen LogP contribution >= 0.6 is 11.3 Å². The molecular formula is C17H24N4OS. The number of aromatic nitrogens is 2. The number of hydrogen-bond acceptors (Lipinski definition) is 4. The van der Waals surface area contributed by atoms with Gasteiger partial charge in [-0.05, 0) is 37.4 Å². The Balaban J connectivity index is 1.45. The summed E-state index contributed by atoms with van der Waals surface area (Å²) in [5.74, 6) is 0.107. The molecule has 0 radical (unpaired) electrons. The summed E-state index contributed by atoms with van der Waals surface area (Å²) in [6.45, 7) is 4.94. The number of carbonyl (C=O) groups is 1. The number of amides is 1. The number of aryl methyl sites for hydroxylation is 2. The van der Waals surface area contributed by atoms with Crippen LogP contribution in [-0.4, -0.2) is 28.3 Å². The number of hydrogen-bond donors (Lipinski definition) is 2. The van der Waals surface area contributed by atoms with E-state index in [-0.39, 0.29) is 11.9 Å². The zero-order chi connectivity index (χ0) is 16.1. The average Bonchev–Trinajstić information content (AvgIpc) is 3.10. The van der Waals surface area contributed by atoms with Crippen LogP contribution in [-0.2, 0) is 30.7 Å². The lowest BCUT2D eigenvalue weighted by Gasteiger charge is -2.12. The molecule has 2 aromatic heterocycles. The van der Waals surface area contributed by atoms with Crippen molar-refractivity contribution in [2.75, 3.05) is 6.54 Å². The molecule has 5 nitrogen and oxygen atoms in total. The molecule has 2 N–H and O–H groups in total. The van der Waals surface area contributed by atoms with Crippen LogP contribution in [0.4, 0.5) is 0 Å². The quantitative estimate of drug-likeness (QED) is 0.852. The van der Waals surface area contributed by atoms with E-state index in [0.29, 0.717) is 12.8 Å². The second-order valence-electron chi connectivity index (χ2n) is 6.13. The van der Waals surface area contributed by atoms with Gasteiger partial charge in [-0.2, -0.15) is 5.10 Å². The first-order chi connectivity index (χ1) is 11.2. The third-order valence-electron chi connectivity index (χ3n) is 4.05. The van der Waals surface area contributed by atoms with E-state index in [1.165, 1.54) is 10.6 Å². The third kappa shape index (κ3) is 4.65. The van der Waals surface area contributed by atoms with Crippen molar-refractivity contribution in [3.63, 3.8) is 0 Å². The van der Waals surface area contributed by atoms with E-state index >= 15 is 0 Å². The Morgan fingerprint density at radius 3 is 3.30 bits per heavy atom. The van der Waals surface area contributed by atoms with Crippen LogP contribution in [0.5, 0.6) is 0 Å². The summed E-state index contributed by atoms with van der Waals surface area (Å²) in [6.07, 6.45) is 3.21. The van der Waals surface area contributed by atoms with Gasteiger partial charge in [-0.3, -0.25) is 9.48 Å². The van der Waals surface area contributed by atoms with Crippen LogP contribution in [0.1, 0.15) is 36.0 Å².